The van der Waals surface area contributed by atoms with Gasteiger partial charge in [0.25, 0.3) is 0 Å². The van der Waals surface area contributed by atoms with Gasteiger partial charge in [0.15, 0.2) is 0 Å². The highest BCUT2D eigenvalue weighted by molar-refractivity contribution is 5.76. The third-order valence-electron chi connectivity index (χ3n) is 9.46. The second kappa shape index (κ2) is 15.1. The molecule has 0 radical (unpaired) electrons. The lowest BCUT2D eigenvalue weighted by Crippen LogP contribution is -2.46. The van der Waals surface area contributed by atoms with E-state index < -0.39 is 6.36 Å². The molecule has 4 atom stereocenters. The number of hydrogen-bond donors (Lipinski definition) is 4. The molecule has 0 bridgehead atoms. The normalized spacial score (nSPS) is 26.0. The van der Waals surface area contributed by atoms with E-state index in [-0.39, 0.29) is 35.5 Å². The fourth-order valence-electron chi connectivity index (χ4n) is 7.33. The maximum Gasteiger partial charge on any atom is 0.573 e. The van der Waals surface area contributed by atoms with E-state index in [4.69, 9.17) is 5.73 Å². The van der Waals surface area contributed by atoms with Crippen LogP contribution in [0.15, 0.2) is 30.5 Å². The van der Waals surface area contributed by atoms with Gasteiger partial charge >= 0.3 is 6.36 Å². The largest absolute Gasteiger partial charge is 0.573 e. The molecule has 12 heteroatoms. The van der Waals surface area contributed by atoms with Crippen LogP contribution in [0.25, 0.3) is 0 Å². The van der Waals surface area contributed by atoms with Crippen molar-refractivity contribution in [2.45, 2.75) is 91.1 Å². The van der Waals surface area contributed by atoms with Gasteiger partial charge < -0.3 is 26.4 Å². The molecule has 1 aromatic carbocycles. The van der Waals surface area contributed by atoms with Crippen molar-refractivity contribution in [3.05, 3.63) is 41.6 Å². The molecule has 246 valence electrons. The van der Waals surface area contributed by atoms with Gasteiger partial charge in [-0.2, -0.15) is 10.2 Å². The van der Waals surface area contributed by atoms with Crippen LogP contribution in [0, 0.1) is 40.4 Å². The minimum atomic E-state index is -4.80. The summed E-state index contributed by atoms with van der Waals surface area (Å²) in [5, 5.41) is 20.0. The summed E-state index contributed by atoms with van der Waals surface area (Å²) in [4.78, 5) is 20.2. The molecule has 2 saturated carbocycles. The predicted octanol–water partition coefficient (Wildman–Crippen LogP) is 6.37. The molecule has 1 aromatic heterocycles. The van der Waals surface area contributed by atoms with Crippen LogP contribution in [0.3, 0.4) is 0 Å². The zero-order valence-corrected chi connectivity index (χ0v) is 26.4. The van der Waals surface area contributed by atoms with E-state index in [1.807, 2.05) is 0 Å². The smallest absolute Gasteiger partial charge is 0.405 e. The summed E-state index contributed by atoms with van der Waals surface area (Å²) in [6.07, 6.45) is 4.70. The average Bonchev–Trinajstić information content (AvgIpc) is 2.99. The number of hydrogen-bond acceptors (Lipinski definition) is 8. The number of amides is 1. The molecule has 2 fully saturated rings. The molecule has 2 aliphatic carbocycles. The SMILES string of the molecule is CC[C@H](NCC1CCC(C(N)=O)CC1)[C@@H]1CC(C)C[C@@](C)(CNc2nc(NCc3ccccc3OC(F)(F)F)ncc2C#N)C1. The summed E-state index contributed by atoms with van der Waals surface area (Å²) in [6.45, 7) is 8.40. The molecule has 0 aliphatic heterocycles. The van der Waals surface area contributed by atoms with Crippen molar-refractivity contribution in [1.29, 1.82) is 5.26 Å². The highest BCUT2D eigenvalue weighted by Crippen LogP contribution is 2.44. The quantitative estimate of drug-likeness (QED) is 0.201. The van der Waals surface area contributed by atoms with E-state index in [2.05, 4.69) is 57.5 Å². The lowest BCUT2D eigenvalue weighted by Gasteiger charge is -2.45. The van der Waals surface area contributed by atoms with Crippen molar-refractivity contribution in [2.24, 2.45) is 34.8 Å². The summed E-state index contributed by atoms with van der Waals surface area (Å²) in [5.74, 6) is 1.75. The Bertz CT molecular complexity index is 1330. The van der Waals surface area contributed by atoms with Crippen molar-refractivity contribution >= 4 is 17.7 Å². The Kier molecular flexibility index (Phi) is 11.5. The average molecular weight is 630 g/mol. The number of benzene rings is 1. The van der Waals surface area contributed by atoms with Crippen LogP contribution < -0.4 is 26.4 Å². The van der Waals surface area contributed by atoms with Gasteiger partial charge in [-0.15, -0.1) is 13.2 Å². The van der Waals surface area contributed by atoms with E-state index >= 15 is 0 Å². The Balaban J connectivity index is 1.36. The Hall–Kier alpha value is -3.59. The van der Waals surface area contributed by atoms with E-state index in [0.29, 0.717) is 47.3 Å². The summed E-state index contributed by atoms with van der Waals surface area (Å²) < 4.78 is 42.6. The lowest BCUT2D eigenvalue weighted by molar-refractivity contribution is -0.274. The van der Waals surface area contributed by atoms with E-state index in [1.165, 1.54) is 24.4 Å². The maximum atomic E-state index is 12.8. The number of nitrogens with two attached hydrogens (primary N) is 1. The predicted molar refractivity (Wildman–Crippen MR) is 167 cm³/mol. The van der Waals surface area contributed by atoms with E-state index in [9.17, 15) is 23.2 Å². The first kappa shape index (κ1) is 34.3. The molecule has 0 spiro atoms. The molecule has 1 heterocycles. The second-order valence-electron chi connectivity index (χ2n) is 13.3. The first-order chi connectivity index (χ1) is 21.4. The number of rotatable bonds is 13. The van der Waals surface area contributed by atoms with E-state index in [0.717, 1.165) is 57.9 Å². The van der Waals surface area contributed by atoms with Gasteiger partial charge in [-0.25, -0.2) is 4.98 Å². The molecular weight excluding hydrogens is 583 g/mol. The van der Waals surface area contributed by atoms with E-state index in [1.54, 1.807) is 6.07 Å². The highest BCUT2D eigenvalue weighted by Gasteiger charge is 2.39. The van der Waals surface area contributed by atoms with Crippen molar-refractivity contribution in [3.63, 3.8) is 0 Å². The minimum Gasteiger partial charge on any atom is -0.405 e. The number of nitrogens with one attached hydrogen (secondary N) is 3. The van der Waals surface area contributed by atoms with Crippen LogP contribution in [-0.2, 0) is 11.3 Å². The molecule has 0 saturated heterocycles. The number of ether oxygens (including phenoxy) is 1. The highest BCUT2D eigenvalue weighted by atomic mass is 19.4. The summed E-state index contributed by atoms with van der Waals surface area (Å²) in [6, 6.07) is 8.42. The number of primary amides is 1. The number of aromatic nitrogens is 2. The van der Waals surface area contributed by atoms with Crippen molar-refractivity contribution in [1.82, 2.24) is 15.3 Å². The Morgan fingerprint density at radius 2 is 1.93 bits per heavy atom. The molecule has 5 N–H and O–H groups in total. The summed E-state index contributed by atoms with van der Waals surface area (Å²) in [7, 11) is 0. The van der Waals surface area contributed by atoms with Gasteiger partial charge in [-0.1, -0.05) is 39.0 Å². The molecule has 2 aliphatic rings. The number of para-hydroxylation sites is 1. The standard InChI is InChI=1S/C33H46F3N7O2/c1-4-27(39-17-22-9-11-23(12-10-22)29(38)44)25-13-21(2)14-32(3,15-25)20-42-30-26(16-37)19-41-31(43-30)40-18-24-7-5-6-8-28(24)45-33(34,35)36/h5-8,19,21-23,25,27,39H,4,9-15,17-18,20H2,1-3H3,(H2,38,44)(H2,40,41,42,43)/t21?,22?,23?,25-,27+,32-/m1/s1. The van der Waals surface area contributed by atoms with Gasteiger partial charge in [-0.05, 0) is 87.1 Å². The van der Waals surface area contributed by atoms with Gasteiger partial charge in [0.05, 0.1) is 6.20 Å². The zero-order valence-electron chi connectivity index (χ0n) is 26.4. The number of nitrogens with zero attached hydrogens (tertiary/aromatic N) is 3. The third kappa shape index (κ3) is 9.95. The Morgan fingerprint density at radius 1 is 1.20 bits per heavy atom. The van der Waals surface area contributed by atoms with Crippen molar-refractivity contribution in [2.75, 3.05) is 23.7 Å². The summed E-state index contributed by atoms with van der Waals surface area (Å²) >= 11 is 0. The van der Waals surface area contributed by atoms with Crippen LogP contribution in [-0.4, -0.2) is 41.4 Å². The first-order valence-electron chi connectivity index (χ1n) is 16.0. The number of carbonyl (C=O) groups is 1. The Morgan fingerprint density at radius 3 is 2.60 bits per heavy atom. The van der Waals surface area contributed by atoms with Crippen LogP contribution in [0.4, 0.5) is 24.9 Å². The second-order valence-corrected chi connectivity index (χ2v) is 13.3. The van der Waals surface area contributed by atoms with Gasteiger partial charge in [0.1, 0.15) is 23.2 Å². The maximum absolute atomic E-state index is 12.8. The number of carbonyl (C=O) groups excluding carboxylic acids is 1. The van der Waals surface area contributed by atoms with Gasteiger partial charge in [0.2, 0.25) is 11.9 Å². The molecule has 2 aromatic rings. The molecule has 9 nitrogen and oxygen atoms in total. The Labute approximate surface area is 263 Å². The number of anilines is 2. The number of alkyl halides is 3. The summed E-state index contributed by atoms with van der Waals surface area (Å²) in [5.41, 5.74) is 6.07. The topological polar surface area (TPSA) is 138 Å². The molecule has 1 amide bonds. The molecular formula is C33H46F3N7O2. The van der Waals surface area contributed by atoms with Crippen molar-refractivity contribution < 1.29 is 22.7 Å². The lowest BCUT2D eigenvalue weighted by atomic mass is 9.64. The van der Waals surface area contributed by atoms with Crippen LogP contribution in [0.5, 0.6) is 5.75 Å². The van der Waals surface area contributed by atoms with Gasteiger partial charge in [0, 0.05) is 30.6 Å². The zero-order chi connectivity index (χ0) is 32.6. The minimum absolute atomic E-state index is 0.00644. The first-order valence-corrected chi connectivity index (χ1v) is 16.0. The third-order valence-corrected chi connectivity index (χ3v) is 9.46. The van der Waals surface area contributed by atoms with Crippen LogP contribution in [0.2, 0.25) is 0 Å². The molecule has 1 unspecified atom stereocenters. The molecule has 4 rings (SSSR count). The fourth-order valence-corrected chi connectivity index (χ4v) is 7.33. The van der Waals surface area contributed by atoms with Crippen LogP contribution in [0.1, 0.15) is 83.3 Å². The number of halogens is 3. The number of nitriles is 1. The molecule has 45 heavy (non-hydrogen) atoms. The monoisotopic (exact) mass is 629 g/mol. The van der Waals surface area contributed by atoms with Gasteiger partial charge in [-0.3, -0.25) is 4.79 Å². The van der Waals surface area contributed by atoms with Crippen molar-refractivity contribution in [3.8, 4) is 11.8 Å². The van der Waals surface area contributed by atoms with Crippen LogP contribution >= 0.6 is 0 Å². The fraction of sp³-hybridized carbons (Fsp3) is 0.636.